The Bertz CT molecular complexity index is 157. The first-order valence-corrected chi connectivity index (χ1v) is 9.80. The minimum absolute atomic E-state index is 0.430. The average Bonchev–Trinajstić information content (AvgIpc) is 2.27. The first-order chi connectivity index (χ1) is 7.61. The van der Waals surface area contributed by atoms with E-state index < -0.39 is 24.4 Å². The normalized spacial score (nSPS) is 39.8. The van der Waals surface area contributed by atoms with Gasteiger partial charge in [0, 0.05) is 23.0 Å². The summed E-state index contributed by atoms with van der Waals surface area (Å²) in [7, 11) is 5.62. The summed E-state index contributed by atoms with van der Waals surface area (Å²) >= 11 is 0. The zero-order valence-corrected chi connectivity index (χ0v) is 11.8. The maximum atomic E-state index is 9.56. The van der Waals surface area contributed by atoms with Gasteiger partial charge in [0.15, 0.2) is 0 Å². The quantitative estimate of drug-likeness (QED) is 0.473. The van der Waals surface area contributed by atoms with E-state index in [9.17, 15) is 20.4 Å². The molecule has 0 amide bonds. The highest BCUT2D eigenvalue weighted by Crippen LogP contribution is 2.29. The predicted octanol–water partition coefficient (Wildman–Crippen LogP) is 0.206. The fourth-order valence-corrected chi connectivity index (χ4v) is 5.57. The molecular weight excluding hydrogens is 288 g/mol. The lowest BCUT2D eigenvalue weighted by atomic mass is 10.3. The molecule has 8 heteroatoms. The minimum Gasteiger partial charge on any atom is -0.390 e. The van der Waals surface area contributed by atoms with Gasteiger partial charge in [-0.25, -0.2) is 0 Å². The molecule has 96 valence electrons. The second kappa shape index (κ2) is 8.36. The molecule has 1 aliphatic rings. The van der Waals surface area contributed by atoms with E-state index in [0.717, 1.165) is 0 Å². The number of aliphatic hydroxyl groups excluding tert-OH is 4. The molecule has 1 rings (SSSR count). The van der Waals surface area contributed by atoms with E-state index in [0.29, 0.717) is 23.0 Å². The molecule has 0 aliphatic carbocycles. The first kappa shape index (κ1) is 15.3. The van der Waals surface area contributed by atoms with Gasteiger partial charge in [-0.1, -0.05) is 43.2 Å². The molecule has 16 heavy (non-hydrogen) atoms. The Morgan fingerprint density at radius 3 is 0.875 bits per heavy atom. The zero-order chi connectivity index (χ0) is 12.0. The highest BCUT2D eigenvalue weighted by molar-refractivity contribution is 8.77. The molecule has 1 saturated heterocycles. The van der Waals surface area contributed by atoms with E-state index in [4.69, 9.17) is 0 Å². The molecule has 0 unspecified atom stereocenters. The maximum absolute atomic E-state index is 9.56. The Kier molecular flexibility index (Phi) is 7.99. The largest absolute Gasteiger partial charge is 0.390 e. The van der Waals surface area contributed by atoms with Crippen LogP contribution in [0, 0.1) is 0 Å². The Morgan fingerprint density at radius 2 is 0.688 bits per heavy atom. The Hall–Kier alpha value is 1.24. The summed E-state index contributed by atoms with van der Waals surface area (Å²) in [6.07, 6.45) is -2.92. The van der Waals surface area contributed by atoms with Crippen LogP contribution >= 0.6 is 43.2 Å². The summed E-state index contributed by atoms with van der Waals surface area (Å²) < 4.78 is 0. The van der Waals surface area contributed by atoms with Gasteiger partial charge in [-0.3, -0.25) is 0 Å². The van der Waals surface area contributed by atoms with Gasteiger partial charge >= 0.3 is 0 Å². The van der Waals surface area contributed by atoms with Crippen LogP contribution in [0.1, 0.15) is 0 Å². The number of hydrogen-bond donors (Lipinski definition) is 4. The molecule has 0 saturated carbocycles. The lowest BCUT2D eigenvalue weighted by Crippen LogP contribution is -2.32. The smallest absolute Gasteiger partial charge is 0.0906 e. The van der Waals surface area contributed by atoms with E-state index in [-0.39, 0.29) is 0 Å². The van der Waals surface area contributed by atoms with Crippen LogP contribution in [0.25, 0.3) is 0 Å². The van der Waals surface area contributed by atoms with Crippen LogP contribution in [0.4, 0.5) is 0 Å². The standard InChI is InChI=1S/C8H16O4S4/c9-5-1-13-14-3-7(11)8(12)4-16-15-2-6(5)10/h5-12H,1-4H2/t5-,6+,7+,8-. The molecular formula is C8H16O4S4. The maximum Gasteiger partial charge on any atom is 0.0906 e. The number of hydrogen-bond acceptors (Lipinski definition) is 8. The van der Waals surface area contributed by atoms with E-state index in [1.165, 1.54) is 43.2 Å². The number of rotatable bonds is 0. The van der Waals surface area contributed by atoms with Gasteiger partial charge in [0.1, 0.15) is 0 Å². The van der Waals surface area contributed by atoms with Crippen molar-refractivity contribution in [3.05, 3.63) is 0 Å². The fourth-order valence-electron chi connectivity index (χ4n) is 0.916. The minimum atomic E-state index is -0.730. The Balaban J connectivity index is 2.39. The second-order valence-electron chi connectivity index (χ2n) is 3.41. The van der Waals surface area contributed by atoms with Crippen LogP contribution < -0.4 is 0 Å². The molecule has 4 atom stereocenters. The lowest BCUT2D eigenvalue weighted by molar-refractivity contribution is 0.0493. The van der Waals surface area contributed by atoms with Crippen LogP contribution in [-0.2, 0) is 0 Å². The van der Waals surface area contributed by atoms with Gasteiger partial charge in [0.05, 0.1) is 24.4 Å². The molecule has 4 nitrogen and oxygen atoms in total. The first-order valence-electron chi connectivity index (χ1n) is 4.82. The Labute approximate surface area is 111 Å². The van der Waals surface area contributed by atoms with Crippen molar-refractivity contribution < 1.29 is 20.4 Å². The third kappa shape index (κ3) is 5.72. The zero-order valence-electron chi connectivity index (χ0n) is 8.56. The molecule has 1 aliphatic heterocycles. The van der Waals surface area contributed by atoms with E-state index in [1.807, 2.05) is 0 Å². The van der Waals surface area contributed by atoms with Crippen LogP contribution in [0.5, 0.6) is 0 Å². The van der Waals surface area contributed by atoms with Gasteiger partial charge in [-0.2, -0.15) is 0 Å². The van der Waals surface area contributed by atoms with Crippen molar-refractivity contribution in [1.29, 1.82) is 0 Å². The van der Waals surface area contributed by atoms with Crippen molar-refractivity contribution in [2.75, 3.05) is 23.0 Å². The molecule has 0 spiro atoms. The van der Waals surface area contributed by atoms with Crippen molar-refractivity contribution in [3.63, 3.8) is 0 Å². The summed E-state index contributed by atoms with van der Waals surface area (Å²) in [5, 5.41) is 38.2. The molecule has 1 fully saturated rings. The van der Waals surface area contributed by atoms with Crippen molar-refractivity contribution in [2.24, 2.45) is 0 Å². The summed E-state index contributed by atoms with van der Waals surface area (Å²) in [4.78, 5) is 0. The SMILES string of the molecule is O[C@@H]1CSSC[C@H](O)[C@H](O)CSSC[C@@H]1O. The molecule has 0 aromatic carbocycles. The van der Waals surface area contributed by atoms with Gasteiger partial charge in [0.25, 0.3) is 0 Å². The van der Waals surface area contributed by atoms with Crippen molar-refractivity contribution in [3.8, 4) is 0 Å². The third-order valence-corrected chi connectivity index (χ3v) is 6.89. The van der Waals surface area contributed by atoms with Crippen molar-refractivity contribution in [2.45, 2.75) is 24.4 Å². The summed E-state index contributed by atoms with van der Waals surface area (Å²) in [6, 6.07) is 0. The van der Waals surface area contributed by atoms with Crippen molar-refractivity contribution >= 4 is 43.2 Å². The molecule has 0 aromatic rings. The molecule has 0 aromatic heterocycles. The average molecular weight is 304 g/mol. The van der Waals surface area contributed by atoms with Gasteiger partial charge in [-0.15, -0.1) is 0 Å². The van der Waals surface area contributed by atoms with Crippen LogP contribution in [0.15, 0.2) is 0 Å². The van der Waals surface area contributed by atoms with Gasteiger partial charge in [0.2, 0.25) is 0 Å². The molecule has 0 radical (unpaired) electrons. The van der Waals surface area contributed by atoms with E-state index in [1.54, 1.807) is 0 Å². The van der Waals surface area contributed by atoms with Crippen LogP contribution in [0.2, 0.25) is 0 Å². The fraction of sp³-hybridized carbons (Fsp3) is 1.00. The van der Waals surface area contributed by atoms with Crippen LogP contribution in [-0.4, -0.2) is 67.9 Å². The highest BCUT2D eigenvalue weighted by Gasteiger charge is 2.21. The second-order valence-corrected chi connectivity index (χ2v) is 8.51. The predicted molar refractivity (Wildman–Crippen MR) is 73.9 cm³/mol. The third-order valence-electron chi connectivity index (χ3n) is 2.01. The summed E-state index contributed by atoms with van der Waals surface area (Å²) in [5.74, 6) is 1.72. The van der Waals surface area contributed by atoms with E-state index >= 15 is 0 Å². The van der Waals surface area contributed by atoms with Crippen molar-refractivity contribution in [1.82, 2.24) is 0 Å². The van der Waals surface area contributed by atoms with Crippen LogP contribution in [0.3, 0.4) is 0 Å². The topological polar surface area (TPSA) is 80.9 Å². The van der Waals surface area contributed by atoms with Gasteiger partial charge in [-0.05, 0) is 0 Å². The molecule has 4 N–H and O–H groups in total. The molecule has 0 bridgehead atoms. The summed E-state index contributed by atoms with van der Waals surface area (Å²) in [6.45, 7) is 0. The summed E-state index contributed by atoms with van der Waals surface area (Å²) in [5.41, 5.74) is 0. The number of aliphatic hydroxyl groups is 4. The Morgan fingerprint density at radius 1 is 0.500 bits per heavy atom. The van der Waals surface area contributed by atoms with E-state index in [2.05, 4.69) is 0 Å². The molecule has 1 heterocycles. The van der Waals surface area contributed by atoms with Gasteiger partial charge < -0.3 is 20.4 Å². The lowest BCUT2D eigenvalue weighted by Gasteiger charge is -2.20. The monoisotopic (exact) mass is 304 g/mol. The highest BCUT2D eigenvalue weighted by atomic mass is 33.1.